The summed E-state index contributed by atoms with van der Waals surface area (Å²) in [5.74, 6) is 0.939. The van der Waals surface area contributed by atoms with Crippen molar-refractivity contribution in [1.82, 2.24) is 5.43 Å². The lowest BCUT2D eigenvalue weighted by Gasteiger charge is -2.13. The van der Waals surface area contributed by atoms with Gasteiger partial charge in [-0.2, -0.15) is 5.10 Å². The number of nitrogens with zero attached hydrogens (tertiary/aromatic N) is 1. The molecule has 0 aromatic heterocycles. The Bertz CT molecular complexity index is 1080. The Labute approximate surface area is 187 Å². The van der Waals surface area contributed by atoms with Gasteiger partial charge in [-0.25, -0.2) is 5.43 Å². The lowest BCUT2D eigenvalue weighted by molar-refractivity contribution is 0.0955. The van der Waals surface area contributed by atoms with Crippen LogP contribution in [0, 0.1) is 13.8 Å². The van der Waals surface area contributed by atoms with E-state index in [0.29, 0.717) is 35.3 Å². The van der Waals surface area contributed by atoms with Gasteiger partial charge in [-0.3, -0.25) is 4.79 Å². The summed E-state index contributed by atoms with van der Waals surface area (Å²) >= 11 is 6.08. The second kappa shape index (κ2) is 10.6. The summed E-state index contributed by atoms with van der Waals surface area (Å²) in [6.45, 7) is 6.80. The van der Waals surface area contributed by atoms with Crippen LogP contribution in [-0.2, 0) is 6.61 Å². The number of halogens is 1. The van der Waals surface area contributed by atoms with Gasteiger partial charge in [-0.15, -0.1) is 0 Å². The van der Waals surface area contributed by atoms with Gasteiger partial charge in [-0.05, 0) is 67.8 Å². The maximum atomic E-state index is 12.2. The molecule has 3 aromatic carbocycles. The van der Waals surface area contributed by atoms with Crippen molar-refractivity contribution in [2.24, 2.45) is 5.10 Å². The van der Waals surface area contributed by atoms with Crippen LogP contribution >= 0.6 is 11.6 Å². The van der Waals surface area contributed by atoms with Gasteiger partial charge in [0.15, 0.2) is 11.5 Å². The Morgan fingerprint density at radius 2 is 1.77 bits per heavy atom. The van der Waals surface area contributed by atoms with Crippen molar-refractivity contribution in [2.75, 3.05) is 6.61 Å². The monoisotopic (exact) mass is 436 g/mol. The molecule has 31 heavy (non-hydrogen) atoms. The smallest absolute Gasteiger partial charge is 0.271 e. The molecule has 1 N–H and O–H groups in total. The molecule has 6 heteroatoms. The SMILES string of the molecule is CCOc1cc(/C=N\NC(=O)c2ccc(C)c(Cl)c2)ccc1OCc1ccc(C)cc1. The van der Waals surface area contributed by atoms with E-state index in [2.05, 4.69) is 29.6 Å². The van der Waals surface area contributed by atoms with Crippen molar-refractivity contribution in [2.45, 2.75) is 27.4 Å². The number of nitrogens with one attached hydrogen (secondary N) is 1. The molecule has 0 saturated carbocycles. The van der Waals surface area contributed by atoms with Crippen LogP contribution in [0.3, 0.4) is 0 Å². The van der Waals surface area contributed by atoms with Crippen LogP contribution < -0.4 is 14.9 Å². The van der Waals surface area contributed by atoms with Crippen LogP contribution in [-0.4, -0.2) is 18.7 Å². The van der Waals surface area contributed by atoms with Crippen molar-refractivity contribution in [3.05, 3.63) is 93.5 Å². The summed E-state index contributed by atoms with van der Waals surface area (Å²) in [4.78, 5) is 12.2. The first-order chi connectivity index (χ1) is 15.0. The molecule has 0 atom stereocenters. The number of hydrogen-bond donors (Lipinski definition) is 1. The van der Waals surface area contributed by atoms with E-state index in [4.69, 9.17) is 21.1 Å². The Hall–Kier alpha value is -3.31. The fourth-order valence-electron chi connectivity index (χ4n) is 2.80. The summed E-state index contributed by atoms with van der Waals surface area (Å²) < 4.78 is 11.7. The highest BCUT2D eigenvalue weighted by Crippen LogP contribution is 2.29. The third-order valence-electron chi connectivity index (χ3n) is 4.60. The lowest BCUT2D eigenvalue weighted by atomic mass is 10.1. The summed E-state index contributed by atoms with van der Waals surface area (Å²) in [5.41, 5.74) is 6.93. The van der Waals surface area contributed by atoms with Gasteiger partial charge >= 0.3 is 0 Å². The van der Waals surface area contributed by atoms with Crippen LogP contribution in [0.2, 0.25) is 5.02 Å². The van der Waals surface area contributed by atoms with Gasteiger partial charge in [0.1, 0.15) is 6.61 Å². The highest BCUT2D eigenvalue weighted by Gasteiger charge is 2.08. The predicted octanol–water partition coefficient (Wildman–Crippen LogP) is 5.70. The second-order valence-electron chi connectivity index (χ2n) is 7.08. The van der Waals surface area contributed by atoms with Crippen molar-refractivity contribution in [3.8, 4) is 11.5 Å². The fourth-order valence-corrected chi connectivity index (χ4v) is 2.98. The molecule has 0 saturated heterocycles. The highest BCUT2D eigenvalue weighted by molar-refractivity contribution is 6.31. The van der Waals surface area contributed by atoms with E-state index in [0.717, 1.165) is 16.7 Å². The number of carbonyl (C=O) groups is 1. The summed E-state index contributed by atoms with van der Waals surface area (Å²) in [7, 11) is 0. The third kappa shape index (κ3) is 6.33. The molecule has 5 nitrogen and oxygen atoms in total. The zero-order valence-corrected chi connectivity index (χ0v) is 18.6. The van der Waals surface area contributed by atoms with E-state index < -0.39 is 0 Å². The molecular formula is C25H25ClN2O3. The van der Waals surface area contributed by atoms with E-state index in [-0.39, 0.29) is 5.91 Å². The van der Waals surface area contributed by atoms with Crippen molar-refractivity contribution < 1.29 is 14.3 Å². The molecule has 0 unspecified atom stereocenters. The Morgan fingerprint density at radius 3 is 2.48 bits per heavy atom. The Balaban J connectivity index is 1.65. The van der Waals surface area contributed by atoms with E-state index in [9.17, 15) is 4.79 Å². The molecule has 1 amide bonds. The Morgan fingerprint density at radius 1 is 1.00 bits per heavy atom. The first kappa shape index (κ1) is 22.4. The van der Waals surface area contributed by atoms with Crippen LogP contribution in [0.1, 0.15) is 39.5 Å². The molecule has 0 heterocycles. The van der Waals surface area contributed by atoms with Gasteiger partial charge in [0.2, 0.25) is 0 Å². The second-order valence-corrected chi connectivity index (χ2v) is 7.48. The van der Waals surface area contributed by atoms with Gasteiger partial charge in [0, 0.05) is 10.6 Å². The number of benzene rings is 3. The summed E-state index contributed by atoms with van der Waals surface area (Å²) in [5, 5.41) is 4.58. The van der Waals surface area contributed by atoms with Crippen LogP contribution in [0.4, 0.5) is 0 Å². The molecule has 0 aliphatic carbocycles. The molecule has 3 aromatic rings. The number of ether oxygens (including phenoxy) is 2. The highest BCUT2D eigenvalue weighted by atomic mass is 35.5. The standard InChI is InChI=1S/C25H25ClN2O3/c1-4-30-24-13-20(10-12-23(24)31-16-19-8-5-17(2)6-9-19)15-27-28-25(29)21-11-7-18(3)22(26)14-21/h5-15H,4,16H2,1-3H3,(H,28,29)/b27-15-. The van der Waals surface area contributed by atoms with Gasteiger partial charge < -0.3 is 9.47 Å². The van der Waals surface area contributed by atoms with Gasteiger partial charge in [0.05, 0.1) is 12.8 Å². The largest absolute Gasteiger partial charge is 0.490 e. The molecule has 3 rings (SSSR count). The van der Waals surface area contributed by atoms with E-state index >= 15 is 0 Å². The van der Waals surface area contributed by atoms with Crippen molar-refractivity contribution >= 4 is 23.7 Å². The average molecular weight is 437 g/mol. The van der Waals surface area contributed by atoms with Crippen molar-refractivity contribution in [3.63, 3.8) is 0 Å². The number of hydrogen-bond acceptors (Lipinski definition) is 4. The number of carbonyl (C=O) groups excluding carboxylic acids is 1. The minimum absolute atomic E-state index is 0.332. The minimum atomic E-state index is -0.332. The molecule has 0 aliphatic rings. The minimum Gasteiger partial charge on any atom is -0.490 e. The maximum absolute atomic E-state index is 12.2. The van der Waals surface area contributed by atoms with Crippen LogP contribution in [0.25, 0.3) is 0 Å². The summed E-state index contributed by atoms with van der Waals surface area (Å²) in [6.07, 6.45) is 1.56. The molecule has 160 valence electrons. The molecule has 0 bridgehead atoms. The topological polar surface area (TPSA) is 59.9 Å². The van der Waals surface area contributed by atoms with Crippen LogP contribution in [0.15, 0.2) is 65.8 Å². The Kier molecular flexibility index (Phi) is 7.68. The lowest BCUT2D eigenvalue weighted by Crippen LogP contribution is -2.17. The maximum Gasteiger partial charge on any atom is 0.271 e. The molecule has 0 fully saturated rings. The molecular weight excluding hydrogens is 412 g/mol. The molecule has 0 radical (unpaired) electrons. The van der Waals surface area contributed by atoms with E-state index in [1.807, 2.05) is 44.2 Å². The van der Waals surface area contributed by atoms with E-state index in [1.54, 1.807) is 24.4 Å². The number of rotatable bonds is 8. The summed E-state index contributed by atoms with van der Waals surface area (Å²) in [6, 6.07) is 18.8. The first-order valence-electron chi connectivity index (χ1n) is 10.0. The van der Waals surface area contributed by atoms with Crippen molar-refractivity contribution in [1.29, 1.82) is 0 Å². The fraction of sp³-hybridized carbons (Fsp3) is 0.200. The molecule has 0 aliphatic heterocycles. The van der Waals surface area contributed by atoms with Crippen LogP contribution in [0.5, 0.6) is 11.5 Å². The number of aryl methyl sites for hydroxylation is 2. The third-order valence-corrected chi connectivity index (χ3v) is 5.00. The van der Waals surface area contributed by atoms with Gasteiger partial charge in [0.25, 0.3) is 5.91 Å². The zero-order valence-electron chi connectivity index (χ0n) is 17.8. The van der Waals surface area contributed by atoms with E-state index in [1.165, 1.54) is 5.56 Å². The predicted molar refractivity (Wildman–Crippen MR) is 124 cm³/mol. The zero-order chi connectivity index (χ0) is 22.2. The average Bonchev–Trinajstić information content (AvgIpc) is 2.76. The number of hydrazone groups is 1. The molecule has 0 spiro atoms. The normalized spacial score (nSPS) is 10.8. The quantitative estimate of drug-likeness (QED) is 0.364. The van der Waals surface area contributed by atoms with Gasteiger partial charge in [-0.1, -0.05) is 47.5 Å². The number of amides is 1. The first-order valence-corrected chi connectivity index (χ1v) is 10.4.